The second-order valence-electron chi connectivity index (χ2n) is 5.99. The molecule has 1 aliphatic heterocycles. The summed E-state index contributed by atoms with van der Waals surface area (Å²) in [5.74, 6) is -0.125. The van der Waals surface area contributed by atoms with Crippen LogP contribution in [0, 0.1) is 18.3 Å². The summed E-state index contributed by atoms with van der Waals surface area (Å²) in [5.41, 5.74) is 3.48. The second-order valence-corrected chi connectivity index (χ2v) is 7.70. The van der Waals surface area contributed by atoms with Crippen LogP contribution < -0.4 is 9.03 Å². The van der Waals surface area contributed by atoms with Gasteiger partial charge in [-0.3, -0.25) is 13.4 Å². The number of phenolic OH excluding ortho intramolecular Hbond substituents is 1. The van der Waals surface area contributed by atoms with Crippen LogP contribution in [-0.2, 0) is 6.42 Å². The van der Waals surface area contributed by atoms with Crippen molar-refractivity contribution < 1.29 is 19.3 Å². The molecule has 3 rings (SSSR count). The molecule has 1 saturated heterocycles. The number of β-amino-alcohol motifs (C(OH)–C–C–N with tert-alkyl or cyclic N) is 1. The van der Waals surface area contributed by atoms with Gasteiger partial charge in [0.15, 0.2) is 0 Å². The van der Waals surface area contributed by atoms with E-state index in [2.05, 4.69) is 10.8 Å². The molecule has 1 atom stereocenters. The molecule has 0 amide bonds. The van der Waals surface area contributed by atoms with Crippen molar-refractivity contribution in [1.82, 2.24) is 4.72 Å². The predicted octanol–water partition coefficient (Wildman–Crippen LogP) is 2.47. The topological polar surface area (TPSA) is 120 Å². The first kappa shape index (κ1) is 17.5. The molecule has 25 heavy (non-hydrogen) atoms. The number of nitrogens with one attached hydrogen (secondary N) is 1. The lowest BCUT2D eigenvalue weighted by Crippen LogP contribution is -2.25. The van der Waals surface area contributed by atoms with Crippen molar-refractivity contribution in [2.45, 2.75) is 19.6 Å². The van der Waals surface area contributed by atoms with E-state index in [1.165, 1.54) is 6.07 Å². The van der Waals surface area contributed by atoms with E-state index in [0.717, 1.165) is 21.0 Å². The number of hydrogen-bond donors (Lipinski definition) is 5. The van der Waals surface area contributed by atoms with Crippen molar-refractivity contribution in [2.75, 3.05) is 10.8 Å². The second kappa shape index (κ2) is 6.55. The third kappa shape index (κ3) is 3.56. The Labute approximate surface area is 147 Å². The molecular weight excluding hydrogens is 342 g/mol. The number of rotatable bonds is 3. The smallest absolute Gasteiger partial charge is 0.142 e. The number of aliphatic hydroxyl groups is 1. The molecule has 2 aromatic rings. The van der Waals surface area contributed by atoms with E-state index in [1.54, 1.807) is 18.2 Å². The maximum absolute atomic E-state index is 10.3. The van der Waals surface area contributed by atoms with Crippen LogP contribution in [0.2, 0.25) is 0 Å². The van der Waals surface area contributed by atoms with Crippen LogP contribution in [0.5, 0.6) is 5.75 Å². The zero-order valence-electron chi connectivity index (χ0n) is 13.5. The zero-order chi connectivity index (χ0) is 18.2. The number of nitrogens with zero attached hydrogens (tertiary/aromatic N) is 2. The number of anilines is 1. The van der Waals surface area contributed by atoms with Gasteiger partial charge in [-0.1, -0.05) is 34.7 Å². The van der Waals surface area contributed by atoms with Gasteiger partial charge in [-0.2, -0.15) is 9.98 Å². The minimum absolute atomic E-state index is 0.0499. The Morgan fingerprint density at radius 1 is 1.28 bits per heavy atom. The number of phenols is 1. The van der Waals surface area contributed by atoms with Gasteiger partial charge in [0.05, 0.1) is 18.2 Å². The largest absolute Gasteiger partial charge is 0.506 e. The maximum atomic E-state index is 10.3. The Bertz CT molecular complexity index is 850. The van der Waals surface area contributed by atoms with E-state index < -0.39 is 17.2 Å². The lowest BCUT2D eigenvalue weighted by atomic mass is 9.98. The van der Waals surface area contributed by atoms with Crippen LogP contribution in [0.1, 0.15) is 22.3 Å². The Hall–Kier alpha value is -2.28. The van der Waals surface area contributed by atoms with Crippen molar-refractivity contribution in [3.05, 3.63) is 58.7 Å². The first-order chi connectivity index (χ1) is 11.8. The molecule has 7 nitrogen and oxygen atoms in total. The summed E-state index contributed by atoms with van der Waals surface area (Å²) in [6.45, 7) is 1.90. The van der Waals surface area contributed by atoms with Gasteiger partial charge in [0.25, 0.3) is 0 Å². The first-order valence-corrected chi connectivity index (χ1v) is 9.13. The molecule has 0 bridgehead atoms. The van der Waals surface area contributed by atoms with Gasteiger partial charge in [0.1, 0.15) is 17.7 Å². The number of aryl methyl sites for hydroxylation is 1. The fraction of sp³-hybridized carbons (Fsp3) is 0.235. The van der Waals surface area contributed by atoms with Crippen molar-refractivity contribution >= 4 is 16.6 Å². The fourth-order valence-electron chi connectivity index (χ4n) is 2.87. The van der Waals surface area contributed by atoms with Gasteiger partial charge in [-0.05, 0) is 42.7 Å². The molecule has 0 radical (unpaired) electrons. The SMILES string of the molecule is Cc1ccc(C#N)c(Cc2ccc(N3CC(O)NS3(O)O)c(O)c2)c1. The molecule has 0 saturated carbocycles. The van der Waals surface area contributed by atoms with Gasteiger partial charge < -0.3 is 10.2 Å². The van der Waals surface area contributed by atoms with Crippen LogP contribution in [0.25, 0.3) is 0 Å². The summed E-state index contributed by atoms with van der Waals surface area (Å²) in [4.78, 5) is 0. The molecule has 0 aromatic heterocycles. The van der Waals surface area contributed by atoms with Gasteiger partial charge in [-0.25, -0.2) is 0 Å². The number of hydrogen-bond acceptors (Lipinski definition) is 7. The van der Waals surface area contributed by atoms with Gasteiger partial charge >= 0.3 is 0 Å². The number of benzene rings is 2. The lowest BCUT2D eigenvalue weighted by molar-refractivity contribution is 0.182. The minimum atomic E-state index is -3.37. The highest BCUT2D eigenvalue weighted by atomic mass is 32.3. The van der Waals surface area contributed by atoms with Crippen molar-refractivity contribution in [3.8, 4) is 11.8 Å². The van der Waals surface area contributed by atoms with E-state index in [4.69, 9.17) is 0 Å². The summed E-state index contributed by atoms with van der Waals surface area (Å²) in [5, 5.41) is 29.1. The van der Waals surface area contributed by atoms with Crippen LogP contribution in [0.15, 0.2) is 36.4 Å². The lowest BCUT2D eigenvalue weighted by Gasteiger charge is -2.36. The Balaban J connectivity index is 1.89. The third-order valence-electron chi connectivity index (χ3n) is 4.02. The monoisotopic (exact) mass is 361 g/mol. The number of aromatic hydroxyl groups is 1. The molecular formula is C17H19N3O4S. The average molecular weight is 361 g/mol. The summed E-state index contributed by atoms with van der Waals surface area (Å²) in [6, 6.07) is 12.6. The summed E-state index contributed by atoms with van der Waals surface area (Å²) in [7, 11) is -3.37. The summed E-state index contributed by atoms with van der Waals surface area (Å²) >= 11 is 0. The van der Waals surface area contributed by atoms with E-state index >= 15 is 0 Å². The van der Waals surface area contributed by atoms with E-state index in [1.807, 2.05) is 19.1 Å². The van der Waals surface area contributed by atoms with Crippen molar-refractivity contribution in [1.29, 1.82) is 5.26 Å². The van der Waals surface area contributed by atoms with Crippen molar-refractivity contribution in [2.24, 2.45) is 0 Å². The maximum Gasteiger partial charge on any atom is 0.142 e. The van der Waals surface area contributed by atoms with E-state index in [0.29, 0.717) is 12.0 Å². The van der Waals surface area contributed by atoms with Crippen LogP contribution in [-0.4, -0.2) is 32.1 Å². The average Bonchev–Trinajstić information content (AvgIpc) is 2.80. The van der Waals surface area contributed by atoms with Gasteiger partial charge in [0.2, 0.25) is 0 Å². The molecule has 132 valence electrons. The highest BCUT2D eigenvalue weighted by molar-refractivity contribution is 8.24. The highest BCUT2D eigenvalue weighted by Gasteiger charge is 2.36. The Morgan fingerprint density at radius 3 is 2.64 bits per heavy atom. The number of nitriles is 1. The van der Waals surface area contributed by atoms with Crippen molar-refractivity contribution in [3.63, 3.8) is 0 Å². The highest BCUT2D eigenvalue weighted by Crippen LogP contribution is 2.49. The molecule has 8 heteroatoms. The van der Waals surface area contributed by atoms with E-state index in [-0.39, 0.29) is 18.0 Å². The molecule has 5 N–H and O–H groups in total. The van der Waals surface area contributed by atoms with Crippen LogP contribution >= 0.6 is 11.0 Å². The standard InChI is InChI=1S/C17H19N3O4S/c1-11-2-4-13(9-18)14(6-11)7-12-3-5-15(16(21)8-12)20-10-17(22)19-25(20,23)24/h2-6,8,17,19,21-24H,7,10H2,1H3. The number of aliphatic hydroxyl groups excluding tert-OH is 1. The third-order valence-corrected chi connectivity index (χ3v) is 5.57. The molecule has 0 spiro atoms. The van der Waals surface area contributed by atoms with E-state index in [9.17, 15) is 24.6 Å². The zero-order valence-corrected chi connectivity index (χ0v) is 14.4. The molecule has 1 aliphatic rings. The molecule has 1 fully saturated rings. The normalized spacial score (nSPS) is 20.3. The van der Waals surface area contributed by atoms with Crippen LogP contribution in [0.4, 0.5) is 5.69 Å². The predicted molar refractivity (Wildman–Crippen MR) is 96.1 cm³/mol. The summed E-state index contributed by atoms with van der Waals surface area (Å²) < 4.78 is 23.3. The fourth-order valence-corrected chi connectivity index (χ4v) is 4.21. The molecule has 0 aliphatic carbocycles. The first-order valence-electron chi connectivity index (χ1n) is 7.63. The summed E-state index contributed by atoms with van der Waals surface area (Å²) in [6.07, 6.45) is -0.621. The Kier molecular flexibility index (Phi) is 4.60. The van der Waals surface area contributed by atoms with Gasteiger partial charge in [0, 0.05) is 0 Å². The van der Waals surface area contributed by atoms with Crippen LogP contribution in [0.3, 0.4) is 0 Å². The quantitative estimate of drug-likeness (QED) is 0.569. The Morgan fingerprint density at radius 2 is 2.04 bits per heavy atom. The molecule has 1 unspecified atom stereocenters. The van der Waals surface area contributed by atoms with Gasteiger partial charge in [-0.15, -0.1) is 0 Å². The molecule has 2 aromatic carbocycles. The minimum Gasteiger partial charge on any atom is -0.506 e. The molecule has 1 heterocycles.